The second kappa shape index (κ2) is 9.43. The molecule has 2 aromatic rings. The van der Waals surface area contributed by atoms with Crippen molar-refractivity contribution in [3.05, 3.63) is 45.5 Å². The molecule has 5 nitrogen and oxygen atoms in total. The highest BCUT2D eigenvalue weighted by atomic mass is 127. The molecule has 0 fully saturated rings. The summed E-state index contributed by atoms with van der Waals surface area (Å²) in [5.74, 6) is 2.24. The first-order chi connectivity index (χ1) is 10.9. The van der Waals surface area contributed by atoms with Crippen molar-refractivity contribution in [2.45, 2.75) is 39.8 Å². The monoisotopic (exact) mass is 463 g/mol. The quantitative estimate of drug-likeness (QED) is 0.348. The Labute approximate surface area is 164 Å². The molecule has 0 saturated heterocycles. The van der Waals surface area contributed by atoms with Gasteiger partial charge in [-0.15, -0.1) is 24.0 Å². The number of hydrogen-bond acceptors (Lipinski definition) is 4. The number of aryl methyl sites for hydroxylation is 2. The van der Waals surface area contributed by atoms with Gasteiger partial charge in [-0.05, 0) is 56.2 Å². The van der Waals surface area contributed by atoms with Gasteiger partial charge in [-0.3, -0.25) is 0 Å². The zero-order valence-electron chi connectivity index (χ0n) is 14.5. The van der Waals surface area contributed by atoms with E-state index in [9.17, 15) is 5.11 Å². The van der Waals surface area contributed by atoms with Gasteiger partial charge in [0, 0.05) is 12.1 Å². The van der Waals surface area contributed by atoms with E-state index in [1.807, 2.05) is 32.2 Å². The Balaban J connectivity index is 0.00000288. The summed E-state index contributed by atoms with van der Waals surface area (Å²) in [4.78, 5) is 4.55. The average molecular weight is 463 g/mol. The summed E-state index contributed by atoms with van der Waals surface area (Å²) in [5.41, 5.74) is 0.955. The van der Waals surface area contributed by atoms with E-state index < -0.39 is 5.60 Å². The third-order valence-electron chi connectivity index (χ3n) is 3.57. The summed E-state index contributed by atoms with van der Waals surface area (Å²) in [7, 11) is 0. The van der Waals surface area contributed by atoms with Crippen LogP contribution in [0.4, 0.5) is 0 Å². The Morgan fingerprint density at radius 2 is 2.12 bits per heavy atom. The largest absolute Gasteiger partial charge is 0.466 e. The SMILES string of the molecule is CCNC(=NCc1ccsc1)NCC(C)(O)c1cc(C)oc1C.I. The lowest BCUT2D eigenvalue weighted by molar-refractivity contribution is 0.0601. The van der Waals surface area contributed by atoms with E-state index >= 15 is 0 Å². The number of guanidine groups is 1. The van der Waals surface area contributed by atoms with Gasteiger partial charge in [0.15, 0.2) is 5.96 Å². The van der Waals surface area contributed by atoms with Crippen LogP contribution in [-0.4, -0.2) is 24.2 Å². The molecule has 134 valence electrons. The standard InChI is InChI=1S/C17H25N3O2S.HI/c1-5-18-16(19-9-14-6-7-23-10-14)20-11-17(4,21)15-8-12(2)22-13(15)3;/h6-8,10,21H,5,9,11H2,1-4H3,(H2,18,19,20);1H. The molecule has 3 N–H and O–H groups in total. The van der Waals surface area contributed by atoms with Gasteiger partial charge in [-0.2, -0.15) is 11.3 Å². The molecule has 0 aliphatic heterocycles. The molecule has 0 amide bonds. The maximum absolute atomic E-state index is 10.7. The lowest BCUT2D eigenvalue weighted by atomic mass is 9.96. The smallest absolute Gasteiger partial charge is 0.191 e. The highest BCUT2D eigenvalue weighted by Crippen LogP contribution is 2.26. The van der Waals surface area contributed by atoms with Gasteiger partial charge >= 0.3 is 0 Å². The van der Waals surface area contributed by atoms with E-state index in [1.165, 1.54) is 5.56 Å². The molecule has 0 aromatic carbocycles. The minimum absolute atomic E-state index is 0. The zero-order valence-corrected chi connectivity index (χ0v) is 17.7. The number of hydrogen-bond donors (Lipinski definition) is 3. The summed E-state index contributed by atoms with van der Waals surface area (Å²) >= 11 is 1.66. The van der Waals surface area contributed by atoms with Gasteiger partial charge in [0.05, 0.1) is 13.1 Å². The molecule has 1 atom stereocenters. The lowest BCUT2D eigenvalue weighted by Crippen LogP contribution is -2.44. The maximum atomic E-state index is 10.7. The normalized spacial score (nSPS) is 14.0. The Hall–Kier alpha value is -1.06. The number of furan rings is 1. The van der Waals surface area contributed by atoms with E-state index in [1.54, 1.807) is 18.3 Å². The second-order valence-electron chi connectivity index (χ2n) is 5.78. The number of rotatable bonds is 6. The average Bonchev–Trinajstić information content (AvgIpc) is 3.11. The van der Waals surface area contributed by atoms with Gasteiger partial charge < -0.3 is 20.2 Å². The number of halogens is 1. The third kappa shape index (κ3) is 5.78. The van der Waals surface area contributed by atoms with Crippen molar-refractivity contribution < 1.29 is 9.52 Å². The summed E-state index contributed by atoms with van der Waals surface area (Å²) in [6.45, 7) is 9.27. The zero-order chi connectivity index (χ0) is 16.9. The van der Waals surface area contributed by atoms with Crippen molar-refractivity contribution in [3.63, 3.8) is 0 Å². The van der Waals surface area contributed by atoms with Crippen LogP contribution in [0.3, 0.4) is 0 Å². The van der Waals surface area contributed by atoms with Crippen LogP contribution in [0.1, 0.15) is 36.5 Å². The Bertz CT molecular complexity index is 651. The van der Waals surface area contributed by atoms with Crippen LogP contribution in [0, 0.1) is 13.8 Å². The minimum Gasteiger partial charge on any atom is -0.466 e. The summed E-state index contributed by atoms with van der Waals surface area (Å²) in [6, 6.07) is 3.94. The first-order valence-electron chi connectivity index (χ1n) is 7.75. The van der Waals surface area contributed by atoms with Crippen molar-refractivity contribution >= 4 is 41.3 Å². The molecule has 0 bridgehead atoms. The van der Waals surface area contributed by atoms with Crippen molar-refractivity contribution in [1.82, 2.24) is 10.6 Å². The second-order valence-corrected chi connectivity index (χ2v) is 6.56. The van der Waals surface area contributed by atoms with Gasteiger partial charge in [0.1, 0.15) is 17.1 Å². The summed E-state index contributed by atoms with van der Waals surface area (Å²) in [5, 5.41) is 21.3. The van der Waals surface area contributed by atoms with E-state index in [0.29, 0.717) is 19.0 Å². The molecule has 7 heteroatoms. The highest BCUT2D eigenvalue weighted by Gasteiger charge is 2.27. The maximum Gasteiger partial charge on any atom is 0.191 e. The van der Waals surface area contributed by atoms with Gasteiger partial charge in [0.25, 0.3) is 0 Å². The topological polar surface area (TPSA) is 69.8 Å². The van der Waals surface area contributed by atoms with Crippen LogP contribution in [0.2, 0.25) is 0 Å². The van der Waals surface area contributed by atoms with E-state index in [4.69, 9.17) is 4.42 Å². The molecule has 24 heavy (non-hydrogen) atoms. The van der Waals surface area contributed by atoms with Gasteiger partial charge in [-0.1, -0.05) is 0 Å². The molecule has 2 rings (SSSR count). The molecular formula is C17H26IN3O2S. The molecule has 2 heterocycles. The molecule has 2 aromatic heterocycles. The van der Waals surface area contributed by atoms with Crippen LogP contribution >= 0.6 is 35.3 Å². The lowest BCUT2D eigenvalue weighted by Gasteiger charge is -2.24. The molecule has 0 aliphatic rings. The highest BCUT2D eigenvalue weighted by molar-refractivity contribution is 14.0. The number of aliphatic imine (C=N–C) groups is 1. The van der Waals surface area contributed by atoms with Crippen LogP contribution in [-0.2, 0) is 12.1 Å². The van der Waals surface area contributed by atoms with Crippen LogP contribution < -0.4 is 10.6 Å². The van der Waals surface area contributed by atoms with Crippen molar-refractivity contribution in [2.75, 3.05) is 13.1 Å². The number of aliphatic hydroxyl groups is 1. The van der Waals surface area contributed by atoms with E-state index in [0.717, 1.165) is 23.6 Å². The molecule has 0 aliphatic carbocycles. The third-order valence-corrected chi connectivity index (χ3v) is 4.30. The number of nitrogens with one attached hydrogen (secondary N) is 2. The molecular weight excluding hydrogens is 437 g/mol. The molecule has 0 spiro atoms. The van der Waals surface area contributed by atoms with E-state index in [-0.39, 0.29) is 24.0 Å². The fourth-order valence-electron chi connectivity index (χ4n) is 2.41. The first kappa shape index (κ1) is 21.0. The van der Waals surface area contributed by atoms with Crippen LogP contribution in [0.15, 0.2) is 32.3 Å². The minimum atomic E-state index is -1.03. The number of nitrogens with zero attached hydrogens (tertiary/aromatic N) is 1. The summed E-state index contributed by atoms with van der Waals surface area (Å²) in [6.07, 6.45) is 0. The van der Waals surface area contributed by atoms with Crippen molar-refractivity contribution in [3.8, 4) is 0 Å². The molecule has 1 unspecified atom stereocenters. The Kier molecular flexibility index (Phi) is 8.24. The van der Waals surface area contributed by atoms with Crippen LogP contribution in [0.5, 0.6) is 0 Å². The van der Waals surface area contributed by atoms with Crippen molar-refractivity contribution in [2.24, 2.45) is 4.99 Å². The molecule has 0 saturated carbocycles. The Morgan fingerprint density at radius 1 is 1.38 bits per heavy atom. The first-order valence-corrected chi connectivity index (χ1v) is 8.70. The fraction of sp³-hybridized carbons (Fsp3) is 0.471. The van der Waals surface area contributed by atoms with Crippen molar-refractivity contribution in [1.29, 1.82) is 0 Å². The Morgan fingerprint density at radius 3 is 2.67 bits per heavy atom. The predicted molar refractivity (Wildman–Crippen MR) is 110 cm³/mol. The van der Waals surface area contributed by atoms with Crippen LogP contribution in [0.25, 0.3) is 0 Å². The fourth-order valence-corrected chi connectivity index (χ4v) is 3.07. The van der Waals surface area contributed by atoms with Gasteiger partial charge in [0.2, 0.25) is 0 Å². The predicted octanol–water partition coefficient (Wildman–Crippen LogP) is 3.54. The van der Waals surface area contributed by atoms with Gasteiger partial charge in [-0.25, -0.2) is 4.99 Å². The van der Waals surface area contributed by atoms with E-state index in [2.05, 4.69) is 27.1 Å². The number of thiophene rings is 1. The summed E-state index contributed by atoms with van der Waals surface area (Å²) < 4.78 is 5.52. The molecule has 0 radical (unpaired) electrons.